The van der Waals surface area contributed by atoms with Gasteiger partial charge in [0.25, 0.3) is 0 Å². The minimum absolute atomic E-state index is 0.0175. The lowest BCUT2D eigenvalue weighted by atomic mass is 10.0. The molecule has 0 radical (unpaired) electrons. The number of rotatable bonds is 3. The first kappa shape index (κ1) is 8.84. The summed E-state index contributed by atoms with van der Waals surface area (Å²) in [5.41, 5.74) is 0. The third-order valence-electron chi connectivity index (χ3n) is 1.85. The highest BCUT2D eigenvalue weighted by atomic mass is 32.2. The van der Waals surface area contributed by atoms with Crippen molar-refractivity contribution in [2.45, 2.75) is 19.0 Å². The summed E-state index contributed by atoms with van der Waals surface area (Å²) in [5, 5.41) is 8.30. The minimum Gasteiger partial charge on any atom is -0.481 e. The van der Waals surface area contributed by atoms with Gasteiger partial charge in [0.2, 0.25) is 0 Å². The molecule has 1 fully saturated rings. The van der Waals surface area contributed by atoms with Crippen molar-refractivity contribution in [1.82, 2.24) is 0 Å². The van der Waals surface area contributed by atoms with Gasteiger partial charge in [-0.05, 0) is 17.9 Å². The summed E-state index contributed by atoms with van der Waals surface area (Å²) in [4.78, 5) is 10.1. The third kappa shape index (κ3) is 2.69. The first-order chi connectivity index (χ1) is 5.20. The monoisotopic (exact) mass is 178 g/mol. The Balaban J connectivity index is 2.28. The molecule has 1 aliphatic rings. The third-order valence-corrected chi connectivity index (χ3v) is 3.03. The van der Waals surface area contributed by atoms with Crippen LogP contribution in [0.15, 0.2) is 0 Å². The average molecular weight is 178 g/mol. The molecule has 64 valence electrons. The zero-order valence-electron chi connectivity index (χ0n) is 6.12. The fourth-order valence-electron chi connectivity index (χ4n) is 1.17. The van der Waals surface area contributed by atoms with Gasteiger partial charge in [-0.2, -0.15) is 11.8 Å². The second-order valence-corrected chi connectivity index (χ2v) is 3.89. The smallest absolute Gasteiger partial charge is 0.306 e. The van der Waals surface area contributed by atoms with Crippen LogP contribution in [0.4, 0.5) is 4.39 Å². The van der Waals surface area contributed by atoms with E-state index in [9.17, 15) is 9.18 Å². The van der Waals surface area contributed by atoms with E-state index in [-0.39, 0.29) is 12.3 Å². The SMILES string of the molecule is O=C(O)CC(F)C1CCSC1. The molecule has 0 aromatic rings. The van der Waals surface area contributed by atoms with Crippen LogP contribution in [0.5, 0.6) is 0 Å². The number of hydrogen-bond acceptors (Lipinski definition) is 2. The summed E-state index contributed by atoms with van der Waals surface area (Å²) >= 11 is 1.70. The highest BCUT2D eigenvalue weighted by molar-refractivity contribution is 7.99. The number of carboxylic acid groups (broad SMARTS) is 1. The molecule has 0 aliphatic carbocycles. The standard InChI is InChI=1S/C7H11FO2S/c8-6(3-7(9)10)5-1-2-11-4-5/h5-6H,1-4H2,(H,9,10). The van der Waals surface area contributed by atoms with E-state index in [1.54, 1.807) is 11.8 Å². The van der Waals surface area contributed by atoms with E-state index in [0.29, 0.717) is 0 Å². The number of carboxylic acids is 1. The van der Waals surface area contributed by atoms with Gasteiger partial charge in [-0.3, -0.25) is 4.79 Å². The lowest BCUT2D eigenvalue weighted by Crippen LogP contribution is -2.18. The van der Waals surface area contributed by atoms with Crippen LogP contribution in [0, 0.1) is 5.92 Å². The lowest BCUT2D eigenvalue weighted by Gasteiger charge is -2.11. The van der Waals surface area contributed by atoms with Gasteiger partial charge in [-0.1, -0.05) is 0 Å². The normalized spacial score (nSPS) is 26.8. The van der Waals surface area contributed by atoms with E-state index < -0.39 is 12.1 Å². The van der Waals surface area contributed by atoms with Crippen LogP contribution in [0.3, 0.4) is 0 Å². The molecule has 2 atom stereocenters. The quantitative estimate of drug-likeness (QED) is 0.712. The molecule has 0 aromatic carbocycles. The molecule has 1 aliphatic heterocycles. The Morgan fingerprint density at radius 2 is 2.55 bits per heavy atom. The summed E-state index contributed by atoms with van der Waals surface area (Å²) in [6.45, 7) is 0. The second kappa shape index (κ2) is 3.95. The van der Waals surface area contributed by atoms with Crippen LogP contribution < -0.4 is 0 Å². The molecule has 0 bridgehead atoms. The van der Waals surface area contributed by atoms with Gasteiger partial charge in [0.05, 0.1) is 6.42 Å². The van der Waals surface area contributed by atoms with Crippen molar-refractivity contribution in [2.24, 2.45) is 5.92 Å². The number of hydrogen-bond donors (Lipinski definition) is 1. The summed E-state index contributed by atoms with van der Waals surface area (Å²) < 4.78 is 13.0. The van der Waals surface area contributed by atoms with Crippen LogP contribution >= 0.6 is 11.8 Å². The Morgan fingerprint density at radius 1 is 1.82 bits per heavy atom. The molecule has 1 N–H and O–H groups in total. The van der Waals surface area contributed by atoms with Gasteiger partial charge >= 0.3 is 5.97 Å². The van der Waals surface area contributed by atoms with Crippen molar-refractivity contribution >= 4 is 17.7 Å². The zero-order chi connectivity index (χ0) is 8.27. The second-order valence-electron chi connectivity index (χ2n) is 2.74. The van der Waals surface area contributed by atoms with Crippen molar-refractivity contribution in [3.8, 4) is 0 Å². The van der Waals surface area contributed by atoms with Crippen LogP contribution in [0.25, 0.3) is 0 Å². The molecule has 4 heteroatoms. The summed E-state index contributed by atoms with van der Waals surface area (Å²) in [5.74, 6) is 0.713. The van der Waals surface area contributed by atoms with E-state index >= 15 is 0 Å². The number of alkyl halides is 1. The molecular formula is C7H11FO2S. The van der Waals surface area contributed by atoms with Gasteiger partial charge in [-0.25, -0.2) is 4.39 Å². The fraction of sp³-hybridized carbons (Fsp3) is 0.857. The van der Waals surface area contributed by atoms with Crippen molar-refractivity contribution in [2.75, 3.05) is 11.5 Å². The van der Waals surface area contributed by atoms with Crippen molar-refractivity contribution in [3.05, 3.63) is 0 Å². The van der Waals surface area contributed by atoms with E-state index in [0.717, 1.165) is 17.9 Å². The van der Waals surface area contributed by atoms with Gasteiger partial charge in [0, 0.05) is 5.92 Å². The van der Waals surface area contributed by atoms with Crippen LogP contribution in [0.1, 0.15) is 12.8 Å². The Kier molecular flexibility index (Phi) is 3.17. The Hall–Kier alpha value is -0.250. The molecule has 2 unspecified atom stereocenters. The number of aliphatic carboxylic acids is 1. The van der Waals surface area contributed by atoms with E-state index in [1.165, 1.54) is 0 Å². The van der Waals surface area contributed by atoms with Crippen molar-refractivity contribution in [3.63, 3.8) is 0 Å². The molecule has 0 spiro atoms. The highest BCUT2D eigenvalue weighted by Gasteiger charge is 2.26. The summed E-state index contributed by atoms with van der Waals surface area (Å²) in [6.07, 6.45) is -0.632. The van der Waals surface area contributed by atoms with Gasteiger partial charge < -0.3 is 5.11 Å². The Bertz CT molecular complexity index is 145. The van der Waals surface area contributed by atoms with E-state index in [4.69, 9.17) is 5.11 Å². The topological polar surface area (TPSA) is 37.3 Å². The average Bonchev–Trinajstić information content (AvgIpc) is 2.35. The minimum atomic E-state index is -1.14. The molecule has 1 rings (SSSR count). The Labute approximate surface area is 69.2 Å². The molecule has 1 saturated heterocycles. The van der Waals surface area contributed by atoms with Gasteiger partial charge in [-0.15, -0.1) is 0 Å². The Morgan fingerprint density at radius 3 is 3.00 bits per heavy atom. The van der Waals surface area contributed by atoms with E-state index in [2.05, 4.69) is 0 Å². The van der Waals surface area contributed by atoms with Crippen molar-refractivity contribution in [1.29, 1.82) is 0 Å². The first-order valence-electron chi connectivity index (χ1n) is 3.63. The molecule has 11 heavy (non-hydrogen) atoms. The van der Waals surface area contributed by atoms with Crippen LogP contribution in [-0.4, -0.2) is 28.8 Å². The lowest BCUT2D eigenvalue weighted by molar-refractivity contribution is -0.138. The first-order valence-corrected chi connectivity index (χ1v) is 4.79. The van der Waals surface area contributed by atoms with Crippen LogP contribution in [-0.2, 0) is 4.79 Å². The van der Waals surface area contributed by atoms with Gasteiger partial charge in [0.15, 0.2) is 0 Å². The molecule has 1 heterocycles. The molecule has 0 aromatic heterocycles. The van der Waals surface area contributed by atoms with Crippen LogP contribution in [0.2, 0.25) is 0 Å². The number of halogens is 1. The molecule has 2 nitrogen and oxygen atoms in total. The maximum Gasteiger partial charge on any atom is 0.306 e. The summed E-state index contributed by atoms with van der Waals surface area (Å²) in [7, 11) is 0. The molecular weight excluding hydrogens is 167 g/mol. The van der Waals surface area contributed by atoms with Crippen molar-refractivity contribution < 1.29 is 14.3 Å². The van der Waals surface area contributed by atoms with Gasteiger partial charge in [0.1, 0.15) is 6.17 Å². The number of carbonyl (C=O) groups is 1. The largest absolute Gasteiger partial charge is 0.481 e. The maximum absolute atomic E-state index is 13.0. The summed E-state index contributed by atoms with van der Waals surface area (Å²) in [6, 6.07) is 0. The maximum atomic E-state index is 13.0. The van der Waals surface area contributed by atoms with E-state index in [1.807, 2.05) is 0 Å². The predicted molar refractivity (Wildman–Crippen MR) is 42.6 cm³/mol. The molecule has 0 saturated carbocycles. The highest BCUT2D eigenvalue weighted by Crippen LogP contribution is 2.29. The fourth-order valence-corrected chi connectivity index (χ4v) is 2.49. The zero-order valence-corrected chi connectivity index (χ0v) is 6.94. The predicted octanol–water partition coefficient (Wildman–Crippen LogP) is 1.55. The molecule has 0 amide bonds. The number of thioether (sulfide) groups is 1.